The molecule has 1 saturated heterocycles. The SMILES string of the molecule is CC(C)(C)c1ccc(C(=O)Nc2ccccc2NC(=O)CN2CCCCC2=O)cc1. The number of anilines is 2. The Balaban J connectivity index is 1.66. The molecule has 0 aromatic heterocycles. The minimum Gasteiger partial charge on any atom is -0.333 e. The van der Waals surface area contributed by atoms with Crippen LogP contribution in [-0.4, -0.2) is 35.7 Å². The summed E-state index contributed by atoms with van der Waals surface area (Å²) in [4.78, 5) is 38.7. The fraction of sp³-hybridized carbons (Fsp3) is 0.375. The second-order valence-electron chi connectivity index (χ2n) is 8.65. The quantitative estimate of drug-likeness (QED) is 0.780. The van der Waals surface area contributed by atoms with Gasteiger partial charge in [-0.3, -0.25) is 14.4 Å². The number of carbonyl (C=O) groups excluding carboxylic acids is 3. The molecule has 6 heteroatoms. The molecule has 3 amide bonds. The molecule has 0 spiro atoms. The van der Waals surface area contributed by atoms with Crippen LogP contribution in [0.2, 0.25) is 0 Å². The summed E-state index contributed by atoms with van der Waals surface area (Å²) in [6.07, 6.45) is 2.29. The maximum atomic E-state index is 12.7. The third-order valence-electron chi connectivity index (χ3n) is 5.22. The molecule has 2 aromatic rings. The Morgan fingerprint density at radius 2 is 1.57 bits per heavy atom. The Morgan fingerprint density at radius 3 is 2.17 bits per heavy atom. The molecule has 3 rings (SSSR count). The van der Waals surface area contributed by atoms with E-state index >= 15 is 0 Å². The van der Waals surface area contributed by atoms with Gasteiger partial charge in [-0.15, -0.1) is 0 Å². The van der Waals surface area contributed by atoms with E-state index in [1.807, 2.05) is 12.1 Å². The molecule has 1 aliphatic heterocycles. The molecule has 0 unspecified atom stereocenters. The van der Waals surface area contributed by atoms with Crippen molar-refractivity contribution in [1.29, 1.82) is 0 Å². The molecule has 30 heavy (non-hydrogen) atoms. The van der Waals surface area contributed by atoms with E-state index in [0.29, 0.717) is 29.9 Å². The van der Waals surface area contributed by atoms with Crippen LogP contribution in [-0.2, 0) is 15.0 Å². The zero-order chi connectivity index (χ0) is 21.7. The number of para-hydroxylation sites is 2. The predicted molar refractivity (Wildman–Crippen MR) is 119 cm³/mol. The second-order valence-corrected chi connectivity index (χ2v) is 8.65. The van der Waals surface area contributed by atoms with E-state index in [1.165, 1.54) is 0 Å². The smallest absolute Gasteiger partial charge is 0.255 e. The highest BCUT2D eigenvalue weighted by Crippen LogP contribution is 2.24. The highest BCUT2D eigenvalue weighted by molar-refractivity contribution is 6.07. The van der Waals surface area contributed by atoms with Crippen LogP contribution in [0.25, 0.3) is 0 Å². The maximum Gasteiger partial charge on any atom is 0.255 e. The fourth-order valence-corrected chi connectivity index (χ4v) is 3.41. The van der Waals surface area contributed by atoms with Crippen LogP contribution >= 0.6 is 0 Å². The van der Waals surface area contributed by atoms with Crippen molar-refractivity contribution >= 4 is 29.1 Å². The Bertz CT molecular complexity index is 929. The highest BCUT2D eigenvalue weighted by atomic mass is 16.2. The number of rotatable bonds is 5. The number of amides is 3. The van der Waals surface area contributed by atoms with E-state index in [4.69, 9.17) is 0 Å². The van der Waals surface area contributed by atoms with Crippen LogP contribution in [0.15, 0.2) is 48.5 Å². The number of hydrogen-bond donors (Lipinski definition) is 2. The molecule has 0 bridgehead atoms. The number of carbonyl (C=O) groups is 3. The Labute approximate surface area is 177 Å². The summed E-state index contributed by atoms with van der Waals surface area (Å²) in [6, 6.07) is 14.6. The van der Waals surface area contributed by atoms with Gasteiger partial charge in [0.25, 0.3) is 5.91 Å². The molecule has 158 valence electrons. The number of likely N-dealkylation sites (tertiary alicyclic amines) is 1. The molecule has 2 N–H and O–H groups in total. The van der Waals surface area contributed by atoms with Gasteiger partial charge in [0.15, 0.2) is 0 Å². The van der Waals surface area contributed by atoms with Gasteiger partial charge in [0.1, 0.15) is 0 Å². The molecule has 0 saturated carbocycles. The van der Waals surface area contributed by atoms with E-state index in [-0.39, 0.29) is 29.7 Å². The van der Waals surface area contributed by atoms with E-state index < -0.39 is 0 Å². The largest absolute Gasteiger partial charge is 0.333 e. The second kappa shape index (κ2) is 9.11. The van der Waals surface area contributed by atoms with Gasteiger partial charge in [-0.2, -0.15) is 0 Å². The number of nitrogens with zero attached hydrogens (tertiary/aromatic N) is 1. The zero-order valence-electron chi connectivity index (χ0n) is 17.8. The summed E-state index contributed by atoms with van der Waals surface area (Å²) in [5, 5.41) is 5.69. The highest BCUT2D eigenvalue weighted by Gasteiger charge is 2.21. The lowest BCUT2D eigenvalue weighted by atomic mass is 9.87. The zero-order valence-corrected chi connectivity index (χ0v) is 17.8. The summed E-state index contributed by atoms with van der Waals surface area (Å²) in [5.41, 5.74) is 2.73. The summed E-state index contributed by atoms with van der Waals surface area (Å²) >= 11 is 0. The summed E-state index contributed by atoms with van der Waals surface area (Å²) < 4.78 is 0. The third-order valence-corrected chi connectivity index (χ3v) is 5.22. The molecule has 2 aromatic carbocycles. The van der Waals surface area contributed by atoms with Crippen LogP contribution < -0.4 is 10.6 Å². The van der Waals surface area contributed by atoms with Gasteiger partial charge in [0.05, 0.1) is 17.9 Å². The van der Waals surface area contributed by atoms with Crippen molar-refractivity contribution in [1.82, 2.24) is 4.90 Å². The van der Waals surface area contributed by atoms with E-state index in [0.717, 1.165) is 18.4 Å². The number of nitrogens with one attached hydrogen (secondary N) is 2. The molecule has 6 nitrogen and oxygen atoms in total. The molecule has 1 heterocycles. The number of benzene rings is 2. The third kappa shape index (κ3) is 5.47. The predicted octanol–water partition coefficient (Wildman–Crippen LogP) is 4.19. The average molecular weight is 408 g/mol. The normalized spacial score (nSPS) is 14.4. The van der Waals surface area contributed by atoms with Gasteiger partial charge in [0.2, 0.25) is 11.8 Å². The van der Waals surface area contributed by atoms with Crippen molar-refractivity contribution < 1.29 is 14.4 Å². The van der Waals surface area contributed by atoms with E-state index in [1.54, 1.807) is 41.3 Å². The topological polar surface area (TPSA) is 78.5 Å². The van der Waals surface area contributed by atoms with Crippen LogP contribution in [0.3, 0.4) is 0 Å². The monoisotopic (exact) mass is 407 g/mol. The fourth-order valence-electron chi connectivity index (χ4n) is 3.41. The van der Waals surface area contributed by atoms with Crippen molar-refractivity contribution in [2.45, 2.75) is 45.4 Å². The van der Waals surface area contributed by atoms with Gasteiger partial charge >= 0.3 is 0 Å². The lowest BCUT2D eigenvalue weighted by Crippen LogP contribution is -2.40. The first-order valence-electron chi connectivity index (χ1n) is 10.3. The van der Waals surface area contributed by atoms with Gasteiger partial charge in [-0.25, -0.2) is 0 Å². The molecule has 1 aliphatic rings. The summed E-state index contributed by atoms with van der Waals surface area (Å²) in [5.74, 6) is -0.512. The van der Waals surface area contributed by atoms with Gasteiger partial charge in [0, 0.05) is 18.5 Å². The lowest BCUT2D eigenvalue weighted by molar-refractivity contribution is -0.136. The van der Waals surface area contributed by atoms with Gasteiger partial charge < -0.3 is 15.5 Å². The molecular weight excluding hydrogens is 378 g/mol. The molecule has 1 fully saturated rings. The van der Waals surface area contributed by atoms with Crippen molar-refractivity contribution in [3.8, 4) is 0 Å². The summed E-state index contributed by atoms with van der Waals surface area (Å²) in [6.45, 7) is 7.00. The van der Waals surface area contributed by atoms with Crippen molar-refractivity contribution in [2.75, 3.05) is 23.7 Å². The molecule has 0 radical (unpaired) electrons. The molecular formula is C24H29N3O3. The lowest BCUT2D eigenvalue weighted by Gasteiger charge is -2.26. The summed E-state index contributed by atoms with van der Waals surface area (Å²) in [7, 11) is 0. The molecule has 0 aliphatic carbocycles. The standard InChI is InChI=1S/C24H29N3O3/c1-24(2,3)18-13-11-17(12-14-18)23(30)26-20-9-5-4-8-19(20)25-21(28)16-27-15-7-6-10-22(27)29/h4-5,8-9,11-14H,6-7,10,15-16H2,1-3H3,(H,25,28)(H,26,30). The van der Waals surface area contributed by atoms with Crippen molar-refractivity contribution in [2.24, 2.45) is 0 Å². The van der Waals surface area contributed by atoms with Crippen LogP contribution in [0.1, 0.15) is 56.0 Å². The first-order valence-corrected chi connectivity index (χ1v) is 10.3. The maximum absolute atomic E-state index is 12.7. The Hall–Kier alpha value is -3.15. The average Bonchev–Trinajstić information content (AvgIpc) is 2.70. The van der Waals surface area contributed by atoms with E-state index in [2.05, 4.69) is 31.4 Å². The van der Waals surface area contributed by atoms with Crippen molar-refractivity contribution in [3.63, 3.8) is 0 Å². The number of piperidine rings is 1. The van der Waals surface area contributed by atoms with Crippen LogP contribution in [0.4, 0.5) is 11.4 Å². The van der Waals surface area contributed by atoms with Crippen LogP contribution in [0.5, 0.6) is 0 Å². The Morgan fingerprint density at radius 1 is 0.933 bits per heavy atom. The molecule has 0 atom stereocenters. The minimum absolute atomic E-state index is 0.0108. The van der Waals surface area contributed by atoms with Crippen molar-refractivity contribution in [3.05, 3.63) is 59.7 Å². The minimum atomic E-state index is -0.276. The number of hydrogen-bond acceptors (Lipinski definition) is 3. The first kappa shape index (κ1) is 21.6. The Kier molecular flexibility index (Phi) is 6.55. The van der Waals surface area contributed by atoms with Crippen LogP contribution in [0, 0.1) is 0 Å². The van der Waals surface area contributed by atoms with E-state index in [9.17, 15) is 14.4 Å². The first-order chi connectivity index (χ1) is 14.2. The van der Waals surface area contributed by atoms with Gasteiger partial charge in [-0.1, -0.05) is 45.0 Å². The van der Waals surface area contributed by atoms with Gasteiger partial charge in [-0.05, 0) is 48.1 Å².